The van der Waals surface area contributed by atoms with Gasteiger partial charge in [-0.05, 0) is 36.8 Å². The first-order valence-corrected chi connectivity index (χ1v) is 10.3. The van der Waals surface area contributed by atoms with Crippen molar-refractivity contribution in [2.45, 2.75) is 26.2 Å². The SMILES string of the molecule is CNc1cc2ncc(-c3cc(NC(=O)c4cc(C(C)C(F)F)ccn4)cnc3C)cc2cn1. The molecule has 0 aliphatic heterocycles. The number of hydrogen-bond donors (Lipinski definition) is 2. The third-order valence-corrected chi connectivity index (χ3v) is 5.40. The van der Waals surface area contributed by atoms with Gasteiger partial charge in [0.05, 0.1) is 17.4 Å². The fourth-order valence-corrected chi connectivity index (χ4v) is 3.39. The largest absolute Gasteiger partial charge is 0.373 e. The molecule has 2 N–H and O–H groups in total. The van der Waals surface area contributed by atoms with E-state index in [2.05, 4.69) is 30.6 Å². The number of rotatable bonds is 6. The Labute approximate surface area is 189 Å². The molecule has 0 aliphatic rings. The molecule has 0 fully saturated rings. The maximum atomic E-state index is 13.0. The maximum absolute atomic E-state index is 13.0. The topological polar surface area (TPSA) is 92.7 Å². The van der Waals surface area contributed by atoms with Crippen molar-refractivity contribution < 1.29 is 13.6 Å². The van der Waals surface area contributed by atoms with Gasteiger partial charge in [-0.2, -0.15) is 0 Å². The van der Waals surface area contributed by atoms with Gasteiger partial charge in [-0.1, -0.05) is 6.92 Å². The Morgan fingerprint density at radius 1 is 1.00 bits per heavy atom. The van der Waals surface area contributed by atoms with Crippen LogP contribution in [0.4, 0.5) is 20.3 Å². The van der Waals surface area contributed by atoms with E-state index in [1.54, 1.807) is 25.5 Å². The minimum atomic E-state index is -2.53. The first-order valence-electron chi connectivity index (χ1n) is 10.3. The monoisotopic (exact) mass is 448 g/mol. The Bertz CT molecular complexity index is 1330. The number of carbonyl (C=O) groups is 1. The molecular formula is C24H22F2N6O. The van der Waals surface area contributed by atoms with Gasteiger partial charge in [0.25, 0.3) is 5.91 Å². The van der Waals surface area contributed by atoms with Crippen LogP contribution in [0, 0.1) is 6.92 Å². The zero-order valence-electron chi connectivity index (χ0n) is 18.3. The molecule has 33 heavy (non-hydrogen) atoms. The number of aryl methyl sites for hydroxylation is 1. The highest BCUT2D eigenvalue weighted by Gasteiger charge is 2.19. The minimum absolute atomic E-state index is 0.0564. The number of nitrogens with one attached hydrogen (secondary N) is 2. The third-order valence-electron chi connectivity index (χ3n) is 5.40. The summed E-state index contributed by atoms with van der Waals surface area (Å²) in [4.78, 5) is 30.0. The highest BCUT2D eigenvalue weighted by molar-refractivity contribution is 6.03. The van der Waals surface area contributed by atoms with E-state index in [4.69, 9.17) is 0 Å². The summed E-state index contributed by atoms with van der Waals surface area (Å²) in [6, 6.07) is 8.48. The lowest BCUT2D eigenvalue weighted by Crippen LogP contribution is -2.15. The van der Waals surface area contributed by atoms with Crippen LogP contribution in [0.5, 0.6) is 0 Å². The van der Waals surface area contributed by atoms with Crippen molar-refractivity contribution in [2.75, 3.05) is 17.7 Å². The Balaban J connectivity index is 1.61. The summed E-state index contributed by atoms with van der Waals surface area (Å²) >= 11 is 0. The summed E-state index contributed by atoms with van der Waals surface area (Å²) in [6.07, 6.45) is 3.86. The van der Waals surface area contributed by atoms with Crippen LogP contribution in [0.2, 0.25) is 0 Å². The molecule has 1 atom stereocenters. The molecule has 9 heteroatoms. The Kier molecular flexibility index (Phi) is 6.21. The molecule has 4 aromatic heterocycles. The van der Waals surface area contributed by atoms with Gasteiger partial charge in [0.2, 0.25) is 6.43 Å². The van der Waals surface area contributed by atoms with Crippen molar-refractivity contribution in [3.05, 3.63) is 72.1 Å². The predicted octanol–water partition coefficient (Wildman–Crippen LogP) is 5.06. The molecule has 4 rings (SSSR count). The Morgan fingerprint density at radius 2 is 1.82 bits per heavy atom. The van der Waals surface area contributed by atoms with Crippen LogP contribution in [0.15, 0.2) is 55.1 Å². The van der Waals surface area contributed by atoms with Gasteiger partial charge in [-0.25, -0.2) is 13.8 Å². The number of carbonyl (C=O) groups excluding carboxylic acids is 1. The maximum Gasteiger partial charge on any atom is 0.274 e. The van der Waals surface area contributed by atoms with Crippen molar-refractivity contribution in [3.63, 3.8) is 0 Å². The van der Waals surface area contributed by atoms with E-state index in [0.717, 1.165) is 33.5 Å². The van der Waals surface area contributed by atoms with Crippen molar-refractivity contribution >= 4 is 28.3 Å². The third kappa shape index (κ3) is 4.77. The molecule has 168 valence electrons. The van der Waals surface area contributed by atoms with Crippen LogP contribution in [-0.4, -0.2) is 39.3 Å². The van der Waals surface area contributed by atoms with E-state index in [0.29, 0.717) is 11.3 Å². The minimum Gasteiger partial charge on any atom is -0.373 e. The molecular weight excluding hydrogens is 426 g/mol. The molecule has 1 unspecified atom stereocenters. The van der Waals surface area contributed by atoms with Gasteiger partial charge in [0, 0.05) is 59.8 Å². The van der Waals surface area contributed by atoms with Crippen LogP contribution >= 0.6 is 0 Å². The molecule has 0 spiro atoms. The number of pyridine rings is 4. The highest BCUT2D eigenvalue weighted by atomic mass is 19.3. The number of nitrogens with zero attached hydrogens (tertiary/aromatic N) is 4. The van der Waals surface area contributed by atoms with Crippen LogP contribution in [0.1, 0.15) is 34.6 Å². The van der Waals surface area contributed by atoms with Gasteiger partial charge in [0.1, 0.15) is 11.5 Å². The Hall–Kier alpha value is -4.01. The number of anilines is 2. The fraction of sp³-hybridized carbons (Fsp3) is 0.208. The molecule has 0 saturated heterocycles. The van der Waals surface area contributed by atoms with Gasteiger partial charge >= 0.3 is 0 Å². The summed E-state index contributed by atoms with van der Waals surface area (Å²) in [5.74, 6) is -0.771. The molecule has 0 aliphatic carbocycles. The molecule has 7 nitrogen and oxygen atoms in total. The molecule has 4 aromatic rings. The second-order valence-corrected chi connectivity index (χ2v) is 7.64. The first kappa shape index (κ1) is 22.2. The van der Waals surface area contributed by atoms with E-state index in [1.807, 2.05) is 19.1 Å². The zero-order chi connectivity index (χ0) is 23.5. The van der Waals surface area contributed by atoms with Crippen LogP contribution in [0.25, 0.3) is 22.0 Å². The van der Waals surface area contributed by atoms with Gasteiger partial charge in [0.15, 0.2) is 0 Å². The van der Waals surface area contributed by atoms with E-state index in [1.165, 1.54) is 31.5 Å². The summed E-state index contributed by atoms with van der Waals surface area (Å²) < 4.78 is 26.1. The lowest BCUT2D eigenvalue weighted by atomic mass is 10.0. The van der Waals surface area contributed by atoms with E-state index >= 15 is 0 Å². The average molecular weight is 448 g/mol. The lowest BCUT2D eigenvalue weighted by molar-refractivity contribution is 0.102. The van der Waals surface area contributed by atoms with E-state index in [-0.39, 0.29) is 5.69 Å². The molecule has 0 aromatic carbocycles. The summed E-state index contributed by atoms with van der Waals surface area (Å²) in [6.45, 7) is 3.27. The number of hydrogen-bond acceptors (Lipinski definition) is 6. The van der Waals surface area contributed by atoms with Crippen molar-refractivity contribution in [1.29, 1.82) is 0 Å². The number of halogens is 2. The average Bonchev–Trinajstić information content (AvgIpc) is 2.84. The van der Waals surface area contributed by atoms with Gasteiger partial charge < -0.3 is 10.6 Å². The molecule has 0 radical (unpaired) electrons. The first-order chi connectivity index (χ1) is 15.9. The second kappa shape index (κ2) is 9.23. The number of amides is 1. The highest BCUT2D eigenvalue weighted by Crippen LogP contribution is 2.28. The smallest absolute Gasteiger partial charge is 0.274 e. The van der Waals surface area contributed by atoms with Crippen molar-refractivity contribution in [1.82, 2.24) is 19.9 Å². The quantitative estimate of drug-likeness (QED) is 0.428. The van der Waals surface area contributed by atoms with Crippen LogP contribution < -0.4 is 10.6 Å². The molecule has 0 bridgehead atoms. The predicted molar refractivity (Wildman–Crippen MR) is 124 cm³/mol. The van der Waals surface area contributed by atoms with Gasteiger partial charge in [-0.3, -0.25) is 19.7 Å². The van der Waals surface area contributed by atoms with Gasteiger partial charge in [-0.15, -0.1) is 0 Å². The second-order valence-electron chi connectivity index (χ2n) is 7.64. The summed E-state index contributed by atoms with van der Waals surface area (Å²) in [5, 5.41) is 6.61. The standard InChI is InChI=1S/C24H22F2N6O/c1-13(23(25)26)15-4-5-28-21(7-15)24(33)32-18-8-19(14(2)29-12-18)16-6-17-11-31-22(27-3)9-20(17)30-10-16/h4-13,23H,1-3H3,(H,27,31)(H,32,33). The normalized spacial score (nSPS) is 12.1. The van der Waals surface area contributed by atoms with Crippen molar-refractivity contribution in [2.24, 2.45) is 0 Å². The number of fused-ring (bicyclic) bond motifs is 1. The molecule has 0 saturated carbocycles. The molecule has 4 heterocycles. The lowest BCUT2D eigenvalue weighted by Gasteiger charge is -2.12. The summed E-state index contributed by atoms with van der Waals surface area (Å²) in [5.41, 5.74) is 4.06. The number of alkyl halides is 2. The van der Waals surface area contributed by atoms with E-state index in [9.17, 15) is 13.6 Å². The van der Waals surface area contributed by atoms with Crippen LogP contribution in [0.3, 0.4) is 0 Å². The zero-order valence-corrected chi connectivity index (χ0v) is 18.3. The summed E-state index contributed by atoms with van der Waals surface area (Å²) in [7, 11) is 1.79. The fourth-order valence-electron chi connectivity index (χ4n) is 3.39. The van der Waals surface area contributed by atoms with Crippen molar-refractivity contribution in [3.8, 4) is 11.1 Å². The number of aromatic nitrogens is 4. The Morgan fingerprint density at radius 3 is 2.58 bits per heavy atom. The molecule has 1 amide bonds. The van der Waals surface area contributed by atoms with E-state index < -0.39 is 18.3 Å². The van der Waals surface area contributed by atoms with Crippen LogP contribution in [-0.2, 0) is 0 Å².